The average Bonchev–Trinajstić information content (AvgIpc) is 3.26. The Labute approximate surface area is 176 Å². The summed E-state index contributed by atoms with van der Waals surface area (Å²) in [6, 6.07) is 9.25. The minimum Gasteiger partial charge on any atom is -0.324 e. The van der Waals surface area contributed by atoms with Gasteiger partial charge in [0, 0.05) is 13.0 Å². The SMILES string of the molecule is Cc1ccc2c(c1)C(=O)N(CCCC(=O)Nc1cc(-n3nnnc3C)ccc1F)C2=O. The van der Waals surface area contributed by atoms with Crippen LogP contribution in [0.1, 0.15) is 44.9 Å². The molecule has 0 fully saturated rings. The third-order valence-corrected chi connectivity index (χ3v) is 5.01. The van der Waals surface area contributed by atoms with Crippen LogP contribution in [0.25, 0.3) is 5.69 Å². The molecular formula is C21H19FN6O3. The Balaban J connectivity index is 1.37. The first kappa shape index (κ1) is 20.3. The maximum absolute atomic E-state index is 14.2. The molecule has 2 aromatic carbocycles. The predicted octanol–water partition coefficient (Wildman–Crippen LogP) is 2.43. The molecule has 1 aliphatic heterocycles. The number of hydrogen-bond acceptors (Lipinski definition) is 6. The molecule has 0 aliphatic carbocycles. The summed E-state index contributed by atoms with van der Waals surface area (Å²) >= 11 is 0. The molecule has 0 radical (unpaired) electrons. The van der Waals surface area contributed by atoms with Crippen LogP contribution in [-0.4, -0.2) is 49.4 Å². The van der Waals surface area contributed by atoms with E-state index in [4.69, 9.17) is 0 Å². The van der Waals surface area contributed by atoms with Gasteiger partial charge < -0.3 is 5.32 Å². The van der Waals surface area contributed by atoms with Gasteiger partial charge in [0.1, 0.15) is 5.82 Å². The molecule has 4 rings (SSSR count). The van der Waals surface area contributed by atoms with Gasteiger partial charge in [-0.2, -0.15) is 4.68 Å². The van der Waals surface area contributed by atoms with E-state index in [1.807, 2.05) is 6.92 Å². The molecular weight excluding hydrogens is 403 g/mol. The number of aryl methyl sites for hydroxylation is 2. The molecule has 9 nitrogen and oxygen atoms in total. The number of fused-ring (bicyclic) bond motifs is 1. The molecule has 0 bridgehead atoms. The molecule has 0 spiro atoms. The lowest BCUT2D eigenvalue weighted by molar-refractivity contribution is -0.116. The third-order valence-electron chi connectivity index (χ3n) is 5.01. The average molecular weight is 422 g/mol. The number of amides is 3. The van der Waals surface area contributed by atoms with E-state index in [1.165, 1.54) is 22.9 Å². The number of tetrazole rings is 1. The van der Waals surface area contributed by atoms with Crippen LogP contribution in [0.4, 0.5) is 10.1 Å². The van der Waals surface area contributed by atoms with E-state index in [2.05, 4.69) is 20.8 Å². The number of carbonyl (C=O) groups excluding carboxylic acids is 3. The second-order valence-corrected chi connectivity index (χ2v) is 7.26. The number of halogens is 1. The molecule has 2 heterocycles. The Hall–Kier alpha value is -3.95. The minimum atomic E-state index is -0.599. The fourth-order valence-corrected chi connectivity index (χ4v) is 3.43. The largest absolute Gasteiger partial charge is 0.324 e. The number of nitrogens with zero attached hydrogens (tertiary/aromatic N) is 5. The monoisotopic (exact) mass is 422 g/mol. The van der Waals surface area contributed by atoms with Crippen molar-refractivity contribution in [3.05, 3.63) is 64.7 Å². The number of benzene rings is 2. The molecule has 10 heteroatoms. The fourth-order valence-electron chi connectivity index (χ4n) is 3.43. The van der Waals surface area contributed by atoms with Gasteiger partial charge in [-0.3, -0.25) is 19.3 Å². The molecule has 1 aromatic heterocycles. The minimum absolute atomic E-state index is 0.00592. The topological polar surface area (TPSA) is 110 Å². The van der Waals surface area contributed by atoms with Crippen molar-refractivity contribution in [2.45, 2.75) is 26.7 Å². The van der Waals surface area contributed by atoms with Crippen LogP contribution in [0.15, 0.2) is 36.4 Å². The van der Waals surface area contributed by atoms with Gasteiger partial charge in [0.15, 0.2) is 5.82 Å². The molecule has 0 saturated heterocycles. The quantitative estimate of drug-likeness (QED) is 0.611. The van der Waals surface area contributed by atoms with Gasteiger partial charge in [-0.05, 0) is 61.0 Å². The summed E-state index contributed by atoms with van der Waals surface area (Å²) in [5.74, 6) is -1.24. The van der Waals surface area contributed by atoms with Gasteiger partial charge >= 0.3 is 0 Å². The number of rotatable bonds is 6. The van der Waals surface area contributed by atoms with E-state index >= 15 is 0 Å². The number of nitrogens with one attached hydrogen (secondary N) is 1. The normalized spacial score (nSPS) is 12.9. The van der Waals surface area contributed by atoms with Crippen molar-refractivity contribution in [2.75, 3.05) is 11.9 Å². The van der Waals surface area contributed by atoms with Crippen molar-refractivity contribution >= 4 is 23.4 Å². The third kappa shape index (κ3) is 3.91. The maximum atomic E-state index is 14.2. The van der Waals surface area contributed by atoms with E-state index in [1.54, 1.807) is 25.1 Å². The molecule has 1 aliphatic rings. The summed E-state index contributed by atoms with van der Waals surface area (Å²) in [5.41, 5.74) is 2.14. The predicted molar refractivity (Wildman–Crippen MR) is 108 cm³/mol. The molecule has 31 heavy (non-hydrogen) atoms. The molecule has 0 unspecified atom stereocenters. The molecule has 1 N–H and O–H groups in total. The zero-order valence-corrected chi connectivity index (χ0v) is 16.9. The van der Waals surface area contributed by atoms with Gasteiger partial charge in [-0.25, -0.2) is 4.39 Å². The van der Waals surface area contributed by atoms with Crippen LogP contribution >= 0.6 is 0 Å². The molecule has 158 valence electrons. The molecule has 0 saturated carbocycles. The second-order valence-electron chi connectivity index (χ2n) is 7.26. The lowest BCUT2D eigenvalue weighted by Gasteiger charge is -2.14. The Morgan fingerprint density at radius 1 is 1.06 bits per heavy atom. The highest BCUT2D eigenvalue weighted by atomic mass is 19.1. The van der Waals surface area contributed by atoms with Crippen molar-refractivity contribution in [2.24, 2.45) is 0 Å². The number of carbonyl (C=O) groups is 3. The van der Waals surface area contributed by atoms with Gasteiger partial charge in [0.2, 0.25) is 5.91 Å². The van der Waals surface area contributed by atoms with Gasteiger partial charge in [-0.1, -0.05) is 11.6 Å². The van der Waals surface area contributed by atoms with E-state index in [0.717, 1.165) is 10.5 Å². The van der Waals surface area contributed by atoms with Crippen LogP contribution in [0.3, 0.4) is 0 Å². The fraction of sp³-hybridized carbons (Fsp3) is 0.238. The lowest BCUT2D eigenvalue weighted by Crippen LogP contribution is -2.31. The Bertz CT molecular complexity index is 1210. The number of aromatic nitrogens is 4. The van der Waals surface area contributed by atoms with Crippen molar-refractivity contribution in [3.8, 4) is 5.69 Å². The van der Waals surface area contributed by atoms with E-state index in [0.29, 0.717) is 22.6 Å². The van der Waals surface area contributed by atoms with Crippen molar-refractivity contribution in [1.29, 1.82) is 0 Å². The summed E-state index contributed by atoms with van der Waals surface area (Å²) in [6.45, 7) is 3.65. The number of hydrogen-bond donors (Lipinski definition) is 1. The zero-order valence-electron chi connectivity index (χ0n) is 16.9. The summed E-state index contributed by atoms with van der Waals surface area (Å²) in [7, 11) is 0. The van der Waals surface area contributed by atoms with Crippen molar-refractivity contribution in [1.82, 2.24) is 25.1 Å². The van der Waals surface area contributed by atoms with Crippen LogP contribution in [0.5, 0.6) is 0 Å². The van der Waals surface area contributed by atoms with Gasteiger partial charge in [0.05, 0.1) is 22.5 Å². The standard InChI is InChI=1S/C21H19FN6O3/c1-12-5-7-15-16(10-12)21(31)27(20(15)30)9-3-4-19(29)23-18-11-14(6-8-17(18)22)28-13(2)24-25-26-28/h5-8,10-11H,3-4,9H2,1-2H3,(H,23,29). The smallest absolute Gasteiger partial charge is 0.261 e. The van der Waals surface area contributed by atoms with Gasteiger partial charge in [0.25, 0.3) is 11.8 Å². The van der Waals surface area contributed by atoms with Crippen LogP contribution in [-0.2, 0) is 4.79 Å². The molecule has 3 aromatic rings. The second kappa shape index (κ2) is 8.05. The van der Waals surface area contributed by atoms with E-state index in [-0.39, 0.29) is 36.9 Å². The van der Waals surface area contributed by atoms with Crippen molar-refractivity contribution < 1.29 is 18.8 Å². The Morgan fingerprint density at radius 3 is 2.58 bits per heavy atom. The Kier molecular flexibility index (Phi) is 5.28. The highest BCUT2D eigenvalue weighted by Gasteiger charge is 2.34. The lowest BCUT2D eigenvalue weighted by atomic mass is 10.1. The first-order chi connectivity index (χ1) is 14.8. The van der Waals surface area contributed by atoms with Crippen LogP contribution in [0, 0.1) is 19.7 Å². The van der Waals surface area contributed by atoms with E-state index < -0.39 is 11.7 Å². The summed E-state index contributed by atoms with van der Waals surface area (Å²) in [6.07, 6.45) is 0.268. The molecule has 0 atom stereocenters. The van der Waals surface area contributed by atoms with Crippen LogP contribution < -0.4 is 5.32 Å². The summed E-state index contributed by atoms with van der Waals surface area (Å²) < 4.78 is 15.6. The van der Waals surface area contributed by atoms with Gasteiger partial charge in [-0.15, -0.1) is 5.10 Å². The Morgan fingerprint density at radius 2 is 1.84 bits per heavy atom. The number of anilines is 1. The zero-order chi connectivity index (χ0) is 22.1. The molecule has 3 amide bonds. The van der Waals surface area contributed by atoms with E-state index in [9.17, 15) is 18.8 Å². The number of imide groups is 1. The maximum Gasteiger partial charge on any atom is 0.261 e. The van der Waals surface area contributed by atoms with Crippen LogP contribution in [0.2, 0.25) is 0 Å². The summed E-state index contributed by atoms with van der Waals surface area (Å²) in [4.78, 5) is 38.4. The first-order valence-corrected chi connectivity index (χ1v) is 9.67. The highest BCUT2D eigenvalue weighted by Crippen LogP contribution is 2.24. The summed E-state index contributed by atoms with van der Waals surface area (Å²) in [5, 5.41) is 13.7. The van der Waals surface area contributed by atoms with Crippen molar-refractivity contribution in [3.63, 3.8) is 0 Å². The first-order valence-electron chi connectivity index (χ1n) is 9.67. The highest BCUT2D eigenvalue weighted by molar-refractivity contribution is 6.21.